The second-order valence-electron chi connectivity index (χ2n) is 15.1. The summed E-state index contributed by atoms with van der Waals surface area (Å²) in [6.07, 6.45) is 3.88. The summed E-state index contributed by atoms with van der Waals surface area (Å²) in [5.41, 5.74) is 4.27. The van der Waals surface area contributed by atoms with E-state index < -0.39 is 24.5 Å². The molecule has 306 valence electrons. The number of nitrogens with one attached hydrogen (secondary N) is 1. The van der Waals surface area contributed by atoms with E-state index in [1.807, 2.05) is 55.3 Å². The number of carbonyl (C=O) groups excluding carboxylic acids is 1. The van der Waals surface area contributed by atoms with Crippen LogP contribution in [0.5, 0.6) is 5.88 Å². The highest BCUT2D eigenvalue weighted by Gasteiger charge is 2.37. The molecule has 1 saturated heterocycles. The molecule has 1 aliphatic heterocycles. The third-order valence-corrected chi connectivity index (χ3v) is 11.7. The minimum absolute atomic E-state index is 0.0552. The molecule has 7 rings (SSSR count). The minimum Gasteiger partial charge on any atom is -0.480 e. The van der Waals surface area contributed by atoms with Crippen LogP contribution in [0, 0.1) is 12.8 Å². The van der Waals surface area contributed by atoms with Crippen molar-refractivity contribution in [1.29, 1.82) is 0 Å². The van der Waals surface area contributed by atoms with Crippen LogP contribution in [0.15, 0.2) is 54.9 Å². The fourth-order valence-electron chi connectivity index (χ4n) is 8.00. The molecule has 0 unspecified atom stereocenters. The van der Waals surface area contributed by atoms with Crippen molar-refractivity contribution in [1.82, 2.24) is 34.7 Å². The molecule has 58 heavy (non-hydrogen) atoms. The average Bonchev–Trinajstić information content (AvgIpc) is 3.61. The van der Waals surface area contributed by atoms with Crippen molar-refractivity contribution in [2.45, 2.75) is 70.3 Å². The van der Waals surface area contributed by atoms with Gasteiger partial charge in [-0.15, -0.1) is 0 Å². The molecule has 0 bridgehead atoms. The van der Waals surface area contributed by atoms with Crippen molar-refractivity contribution in [2.24, 2.45) is 5.92 Å². The Bertz CT molecular complexity index is 2300. The van der Waals surface area contributed by atoms with Crippen LogP contribution in [0.3, 0.4) is 0 Å². The first kappa shape index (κ1) is 41.2. The summed E-state index contributed by atoms with van der Waals surface area (Å²) < 4.78 is 53.5. The molecule has 1 saturated carbocycles. The predicted octanol–water partition coefficient (Wildman–Crippen LogP) is 7.87. The van der Waals surface area contributed by atoms with Crippen LogP contribution >= 0.6 is 11.6 Å². The van der Waals surface area contributed by atoms with E-state index in [9.17, 15) is 23.1 Å². The van der Waals surface area contributed by atoms with Gasteiger partial charge >= 0.3 is 5.97 Å². The van der Waals surface area contributed by atoms with Crippen LogP contribution in [-0.2, 0) is 22.6 Å². The largest absolute Gasteiger partial charge is 0.480 e. The van der Waals surface area contributed by atoms with Gasteiger partial charge in [-0.3, -0.25) is 24.6 Å². The first-order valence-electron chi connectivity index (χ1n) is 19.2. The zero-order valence-electron chi connectivity index (χ0n) is 32.8. The average molecular weight is 819 g/mol. The van der Waals surface area contributed by atoms with Crippen LogP contribution in [0.2, 0.25) is 5.02 Å². The van der Waals surface area contributed by atoms with Crippen molar-refractivity contribution in [3.63, 3.8) is 0 Å². The summed E-state index contributed by atoms with van der Waals surface area (Å²) in [6.45, 7) is 2.70. The lowest BCUT2D eigenvalue weighted by molar-refractivity contribution is -0.146. The van der Waals surface area contributed by atoms with Gasteiger partial charge < -0.3 is 19.9 Å². The van der Waals surface area contributed by atoms with Gasteiger partial charge in [-0.05, 0) is 74.9 Å². The summed E-state index contributed by atoms with van der Waals surface area (Å²) in [5.74, 6) is -0.358. The molecule has 3 aromatic heterocycles. The molecule has 1 aliphatic carbocycles. The van der Waals surface area contributed by atoms with E-state index in [-0.39, 0.29) is 42.2 Å². The number of aliphatic hydroxyl groups is 1. The van der Waals surface area contributed by atoms with Crippen LogP contribution in [0.4, 0.5) is 24.7 Å². The molecule has 2 aliphatic rings. The Morgan fingerprint density at radius 2 is 1.79 bits per heavy atom. The highest BCUT2D eigenvalue weighted by Crippen LogP contribution is 2.40. The third kappa shape index (κ3) is 8.72. The first-order valence-corrected chi connectivity index (χ1v) is 19.6. The number of hydrogen-bond acceptors (Lipinski definition) is 12. The van der Waals surface area contributed by atoms with Gasteiger partial charge in [-0.1, -0.05) is 41.9 Å². The number of pyridine rings is 1. The van der Waals surface area contributed by atoms with Gasteiger partial charge in [0.1, 0.15) is 16.9 Å². The van der Waals surface area contributed by atoms with E-state index in [4.69, 9.17) is 31.0 Å². The number of fused-ring (bicyclic) bond motifs is 1. The molecule has 0 amide bonds. The molecule has 0 spiro atoms. The topological polar surface area (TPSA) is 139 Å². The molecular weight excluding hydrogens is 773 g/mol. The number of anilines is 2. The molecule has 1 atom stereocenters. The number of methoxy groups -OCH3 is 2. The van der Waals surface area contributed by atoms with Crippen molar-refractivity contribution in [2.75, 3.05) is 46.3 Å². The second kappa shape index (κ2) is 17.5. The van der Waals surface area contributed by atoms with E-state index >= 15 is 0 Å². The highest BCUT2D eigenvalue weighted by molar-refractivity contribution is 6.36. The molecule has 2 fully saturated rings. The maximum atomic E-state index is 14.6. The summed E-state index contributed by atoms with van der Waals surface area (Å²) >= 11 is 7.14. The van der Waals surface area contributed by atoms with Crippen LogP contribution in [0.1, 0.15) is 61.2 Å². The number of aromatic nitrogens is 5. The Hall–Kier alpha value is -4.96. The summed E-state index contributed by atoms with van der Waals surface area (Å²) in [7, 11) is 5.03. The van der Waals surface area contributed by atoms with E-state index in [1.54, 1.807) is 25.6 Å². The van der Waals surface area contributed by atoms with Crippen LogP contribution in [-0.4, -0.2) is 98.5 Å². The molecule has 4 heterocycles. The van der Waals surface area contributed by atoms with E-state index in [0.29, 0.717) is 64.3 Å². The maximum Gasteiger partial charge on any atom is 0.308 e. The van der Waals surface area contributed by atoms with Gasteiger partial charge in [-0.2, -0.15) is 0 Å². The number of halogens is 4. The normalized spacial score (nSPS) is 19.9. The number of benzene rings is 2. The number of ether oxygens (including phenoxy) is 2. The lowest BCUT2D eigenvalue weighted by atomic mass is 9.85. The zero-order valence-corrected chi connectivity index (χ0v) is 33.6. The summed E-state index contributed by atoms with van der Waals surface area (Å²) in [4.78, 5) is 38.5. The Morgan fingerprint density at radius 1 is 1.05 bits per heavy atom. The molecule has 12 nitrogen and oxygen atoms in total. The molecule has 5 aromatic rings. The van der Waals surface area contributed by atoms with E-state index in [0.717, 1.165) is 42.4 Å². The fraction of sp³-hybridized carbons (Fsp3) is 0.429. The van der Waals surface area contributed by atoms with Gasteiger partial charge in [0.15, 0.2) is 11.6 Å². The lowest BCUT2D eigenvalue weighted by Gasteiger charge is -2.33. The quantitative estimate of drug-likeness (QED) is 0.112. The minimum atomic E-state index is -2.94. The van der Waals surface area contributed by atoms with Crippen molar-refractivity contribution in [3.05, 3.63) is 82.5 Å². The Labute approximate surface area is 339 Å². The predicted molar refractivity (Wildman–Crippen MR) is 215 cm³/mol. The monoisotopic (exact) mass is 818 g/mol. The summed E-state index contributed by atoms with van der Waals surface area (Å²) in [5, 5.41) is 13.1. The first-order chi connectivity index (χ1) is 27.9. The van der Waals surface area contributed by atoms with Crippen molar-refractivity contribution < 1.29 is 32.5 Å². The number of esters is 1. The van der Waals surface area contributed by atoms with Crippen LogP contribution in [0.25, 0.3) is 33.4 Å². The van der Waals surface area contributed by atoms with E-state index in [1.165, 1.54) is 7.11 Å². The molecule has 16 heteroatoms. The van der Waals surface area contributed by atoms with Gasteiger partial charge in [0, 0.05) is 55.2 Å². The Kier molecular flexibility index (Phi) is 12.4. The Balaban J connectivity index is 1.12. The number of likely N-dealkylation sites (tertiary alicyclic amines) is 1. The number of rotatable bonds is 13. The number of aliphatic hydroxyl groups excluding tert-OH is 1. The van der Waals surface area contributed by atoms with Gasteiger partial charge in [0.05, 0.1) is 49.2 Å². The molecule has 2 N–H and O–H groups in total. The van der Waals surface area contributed by atoms with Crippen molar-refractivity contribution in [3.8, 4) is 28.3 Å². The highest BCUT2D eigenvalue weighted by atomic mass is 35.5. The SMILES string of the molecule is COC(=O)C1CCC(N(C)Cc2ncc(-c3cccc(-c4cccc(Nc5nc(C(F)F)nc6cc(CN7CC[C@](F)(CO)C7)cnc56)c4C)c3Cl)nc2OC)CC1. The smallest absolute Gasteiger partial charge is 0.308 e. The maximum absolute atomic E-state index is 14.6. The van der Waals surface area contributed by atoms with Crippen LogP contribution < -0.4 is 10.1 Å². The Morgan fingerprint density at radius 3 is 2.50 bits per heavy atom. The fourth-order valence-corrected chi connectivity index (χ4v) is 8.33. The molecule has 2 aromatic carbocycles. The number of carbonyl (C=O) groups is 1. The number of hydrogen-bond donors (Lipinski definition) is 2. The third-order valence-electron chi connectivity index (χ3n) is 11.3. The van der Waals surface area contributed by atoms with Gasteiger partial charge in [0.25, 0.3) is 6.43 Å². The number of alkyl halides is 3. The van der Waals surface area contributed by atoms with Crippen molar-refractivity contribution >= 4 is 40.1 Å². The standard InChI is InChI=1S/C42H46ClF3N8O4/c1-24-28(7-6-10-31(24)49-38-36-32(50-39(52-38)37(44)45)17-25(18-48-36)20-54-16-15-42(46,22-54)23-55)29-8-5-9-30(35(29)43)33-19-47-34(40(51-33)57-3)21-53(2)27-13-11-26(12-14-27)41(56)58-4/h5-10,17-19,26-27,37,55H,11-16,20-23H2,1-4H3,(H,49,50,52)/t26?,27?,42-/m1/s1. The summed E-state index contributed by atoms with van der Waals surface area (Å²) in [6, 6.07) is 13.2. The molecule has 0 radical (unpaired) electrons. The zero-order chi connectivity index (χ0) is 41.1. The van der Waals surface area contributed by atoms with E-state index in [2.05, 4.69) is 25.2 Å². The molecular formula is C42H46ClF3N8O4. The lowest BCUT2D eigenvalue weighted by Crippen LogP contribution is -2.36. The number of nitrogens with zero attached hydrogens (tertiary/aromatic N) is 7. The second-order valence-corrected chi connectivity index (χ2v) is 15.5. The van der Waals surface area contributed by atoms with Gasteiger partial charge in [-0.25, -0.2) is 28.1 Å². The van der Waals surface area contributed by atoms with Gasteiger partial charge in [0.2, 0.25) is 5.88 Å².